The zero-order chi connectivity index (χ0) is 15.9. The van der Waals surface area contributed by atoms with Crippen molar-refractivity contribution in [2.45, 2.75) is 32.2 Å². The van der Waals surface area contributed by atoms with E-state index in [1.165, 1.54) is 12.7 Å². The molecule has 1 aromatic rings. The first-order valence-corrected chi connectivity index (χ1v) is 6.90. The van der Waals surface area contributed by atoms with Crippen LogP contribution < -0.4 is 5.32 Å². The molecule has 6 nitrogen and oxygen atoms in total. The molecule has 0 aliphatic heterocycles. The van der Waals surface area contributed by atoms with Gasteiger partial charge < -0.3 is 4.74 Å². The number of hydrogen-bond acceptors (Lipinski definition) is 4. The largest absolute Gasteiger partial charge is 0.467 e. The summed E-state index contributed by atoms with van der Waals surface area (Å²) in [4.78, 5) is 14.8. The SMILES string of the molecule is COC(=O)C(C)(NCCN=[N+]=[N-])c1ccc(C(C)C)cc1. The van der Waals surface area contributed by atoms with Crippen molar-refractivity contribution in [3.63, 3.8) is 0 Å². The third-order valence-corrected chi connectivity index (χ3v) is 3.50. The van der Waals surface area contributed by atoms with Crippen LogP contribution in [0.3, 0.4) is 0 Å². The molecular formula is C15H22N4O2. The lowest BCUT2D eigenvalue weighted by atomic mass is 9.90. The molecule has 1 rings (SSSR count). The van der Waals surface area contributed by atoms with E-state index >= 15 is 0 Å². The summed E-state index contributed by atoms with van der Waals surface area (Å²) < 4.78 is 4.90. The first kappa shape index (κ1) is 17.0. The third kappa shape index (κ3) is 4.21. The first-order chi connectivity index (χ1) is 9.95. The molecule has 0 saturated heterocycles. The summed E-state index contributed by atoms with van der Waals surface area (Å²) in [6.07, 6.45) is 0. The van der Waals surface area contributed by atoms with Gasteiger partial charge in [-0.2, -0.15) is 0 Å². The Hall–Kier alpha value is -2.04. The predicted octanol–water partition coefficient (Wildman–Crippen LogP) is 3.10. The summed E-state index contributed by atoms with van der Waals surface area (Å²) in [6, 6.07) is 7.87. The Bertz CT molecular complexity index is 521. The van der Waals surface area contributed by atoms with E-state index in [2.05, 4.69) is 29.2 Å². The smallest absolute Gasteiger partial charge is 0.330 e. The molecule has 0 fully saturated rings. The average Bonchev–Trinajstić information content (AvgIpc) is 2.50. The molecule has 21 heavy (non-hydrogen) atoms. The van der Waals surface area contributed by atoms with Gasteiger partial charge in [0.15, 0.2) is 0 Å². The lowest BCUT2D eigenvalue weighted by Crippen LogP contribution is -2.48. The number of carbonyl (C=O) groups is 1. The lowest BCUT2D eigenvalue weighted by Gasteiger charge is -2.28. The number of esters is 1. The normalized spacial score (nSPS) is 13.4. The minimum Gasteiger partial charge on any atom is -0.467 e. The summed E-state index contributed by atoms with van der Waals surface area (Å²) in [5, 5.41) is 6.56. The Morgan fingerprint density at radius 3 is 2.52 bits per heavy atom. The number of benzene rings is 1. The molecule has 0 bridgehead atoms. The third-order valence-electron chi connectivity index (χ3n) is 3.50. The Morgan fingerprint density at radius 2 is 2.05 bits per heavy atom. The van der Waals surface area contributed by atoms with Crippen LogP contribution in [-0.4, -0.2) is 26.2 Å². The van der Waals surface area contributed by atoms with E-state index in [1.54, 1.807) is 6.92 Å². The number of methoxy groups -OCH3 is 1. The van der Waals surface area contributed by atoms with Crippen LogP contribution in [0.4, 0.5) is 0 Å². The summed E-state index contributed by atoms with van der Waals surface area (Å²) in [5.41, 5.74) is 9.35. The van der Waals surface area contributed by atoms with Crippen molar-refractivity contribution in [2.75, 3.05) is 20.2 Å². The van der Waals surface area contributed by atoms with Gasteiger partial charge in [-0.15, -0.1) is 0 Å². The summed E-state index contributed by atoms with van der Waals surface area (Å²) in [6.45, 7) is 6.66. The highest BCUT2D eigenvalue weighted by Crippen LogP contribution is 2.24. The van der Waals surface area contributed by atoms with Gasteiger partial charge >= 0.3 is 5.97 Å². The van der Waals surface area contributed by atoms with Crippen LogP contribution in [0.15, 0.2) is 29.4 Å². The van der Waals surface area contributed by atoms with Gasteiger partial charge in [0.1, 0.15) is 5.54 Å². The van der Waals surface area contributed by atoms with Crippen molar-refractivity contribution in [3.05, 3.63) is 45.8 Å². The Labute approximate surface area is 125 Å². The molecule has 0 heterocycles. The Kier molecular flexibility index (Phi) is 6.21. The molecule has 6 heteroatoms. The van der Waals surface area contributed by atoms with Crippen molar-refractivity contribution in [3.8, 4) is 0 Å². The number of hydrogen-bond donors (Lipinski definition) is 1. The van der Waals surface area contributed by atoms with Gasteiger partial charge in [-0.25, -0.2) is 4.79 Å². The highest BCUT2D eigenvalue weighted by Gasteiger charge is 2.35. The number of rotatable bonds is 7. The maximum absolute atomic E-state index is 12.1. The van der Waals surface area contributed by atoms with E-state index in [0.29, 0.717) is 12.5 Å². The molecule has 1 N–H and O–H groups in total. The van der Waals surface area contributed by atoms with Crippen LogP contribution in [0.5, 0.6) is 0 Å². The number of carbonyl (C=O) groups excluding carboxylic acids is 1. The van der Waals surface area contributed by atoms with Crippen molar-refractivity contribution >= 4 is 5.97 Å². The molecule has 0 saturated carbocycles. The van der Waals surface area contributed by atoms with Crippen LogP contribution >= 0.6 is 0 Å². The molecule has 114 valence electrons. The Morgan fingerprint density at radius 1 is 1.43 bits per heavy atom. The highest BCUT2D eigenvalue weighted by molar-refractivity contribution is 5.82. The van der Waals surface area contributed by atoms with Crippen molar-refractivity contribution in [1.82, 2.24) is 5.32 Å². The summed E-state index contributed by atoms with van der Waals surface area (Å²) >= 11 is 0. The topological polar surface area (TPSA) is 87.1 Å². The number of ether oxygens (including phenoxy) is 1. The minimum atomic E-state index is -0.963. The average molecular weight is 290 g/mol. The number of azide groups is 1. The van der Waals surface area contributed by atoms with E-state index in [0.717, 1.165) is 5.56 Å². The van der Waals surface area contributed by atoms with Gasteiger partial charge in [0.25, 0.3) is 0 Å². The van der Waals surface area contributed by atoms with Crippen LogP contribution in [0.25, 0.3) is 10.4 Å². The van der Waals surface area contributed by atoms with Gasteiger partial charge in [-0.3, -0.25) is 5.32 Å². The maximum atomic E-state index is 12.1. The van der Waals surface area contributed by atoms with Crippen LogP contribution in [0.2, 0.25) is 0 Å². The number of nitrogens with one attached hydrogen (secondary N) is 1. The molecule has 0 aliphatic carbocycles. The van der Waals surface area contributed by atoms with E-state index < -0.39 is 5.54 Å². The van der Waals surface area contributed by atoms with Gasteiger partial charge in [0, 0.05) is 18.0 Å². The standard InChI is InChI=1S/C15H22N4O2/c1-11(2)12-5-7-13(8-6-12)15(3,14(20)21-4)17-9-10-18-19-16/h5-8,11,17H,9-10H2,1-4H3. The van der Waals surface area contributed by atoms with Gasteiger partial charge in [0.2, 0.25) is 0 Å². The fourth-order valence-electron chi connectivity index (χ4n) is 2.10. The second-order valence-electron chi connectivity index (χ2n) is 5.27. The molecule has 1 atom stereocenters. The van der Waals surface area contributed by atoms with Crippen LogP contribution in [-0.2, 0) is 15.1 Å². The second kappa shape index (κ2) is 7.67. The quantitative estimate of drug-likeness (QED) is 0.275. The fourth-order valence-corrected chi connectivity index (χ4v) is 2.10. The highest BCUT2D eigenvalue weighted by atomic mass is 16.5. The zero-order valence-electron chi connectivity index (χ0n) is 13.0. The second-order valence-corrected chi connectivity index (χ2v) is 5.27. The van der Waals surface area contributed by atoms with Crippen molar-refractivity contribution in [1.29, 1.82) is 0 Å². The van der Waals surface area contributed by atoms with E-state index in [-0.39, 0.29) is 12.5 Å². The van der Waals surface area contributed by atoms with Gasteiger partial charge in [-0.1, -0.05) is 43.2 Å². The molecule has 1 aromatic carbocycles. The molecule has 0 aliphatic rings. The monoisotopic (exact) mass is 290 g/mol. The molecule has 0 radical (unpaired) electrons. The summed E-state index contributed by atoms with van der Waals surface area (Å²) in [5.74, 6) is 0.0575. The van der Waals surface area contributed by atoms with Crippen molar-refractivity contribution in [2.24, 2.45) is 5.11 Å². The fraction of sp³-hybridized carbons (Fsp3) is 0.533. The summed E-state index contributed by atoms with van der Waals surface area (Å²) in [7, 11) is 1.36. The first-order valence-electron chi connectivity index (χ1n) is 6.90. The molecule has 0 spiro atoms. The minimum absolute atomic E-state index is 0.271. The molecular weight excluding hydrogens is 268 g/mol. The zero-order valence-corrected chi connectivity index (χ0v) is 13.0. The van der Waals surface area contributed by atoms with E-state index in [4.69, 9.17) is 10.3 Å². The molecule has 0 amide bonds. The number of nitrogens with zero attached hydrogens (tertiary/aromatic N) is 3. The predicted molar refractivity (Wildman–Crippen MR) is 81.9 cm³/mol. The molecule has 0 aromatic heterocycles. The maximum Gasteiger partial charge on any atom is 0.330 e. The Balaban J connectivity index is 3.00. The van der Waals surface area contributed by atoms with E-state index in [1.807, 2.05) is 24.3 Å². The lowest BCUT2D eigenvalue weighted by molar-refractivity contribution is -0.148. The van der Waals surface area contributed by atoms with Gasteiger partial charge in [-0.05, 0) is 29.5 Å². The van der Waals surface area contributed by atoms with Crippen molar-refractivity contribution < 1.29 is 9.53 Å². The van der Waals surface area contributed by atoms with Gasteiger partial charge in [0.05, 0.1) is 7.11 Å². The van der Waals surface area contributed by atoms with E-state index in [9.17, 15) is 4.79 Å². The van der Waals surface area contributed by atoms with Crippen LogP contribution in [0.1, 0.15) is 37.8 Å². The molecule has 1 unspecified atom stereocenters. The van der Waals surface area contributed by atoms with Crippen LogP contribution in [0, 0.1) is 0 Å².